The molecule has 11 nitrogen and oxygen atoms in total. The molecule has 6 aliphatic rings. The van der Waals surface area contributed by atoms with E-state index in [9.17, 15) is 4.21 Å². The summed E-state index contributed by atoms with van der Waals surface area (Å²) in [6.07, 6.45) is 12.7. The van der Waals surface area contributed by atoms with Crippen molar-refractivity contribution in [2.24, 2.45) is 20.7 Å². The Hall–Kier alpha value is -1.63. The van der Waals surface area contributed by atoms with Gasteiger partial charge in [0.2, 0.25) is 12.7 Å². The van der Waals surface area contributed by atoms with Crippen molar-refractivity contribution in [2.45, 2.75) is 82.5 Å². The summed E-state index contributed by atoms with van der Waals surface area (Å²) in [6.45, 7) is 11.7. The number of amidine groups is 1. The van der Waals surface area contributed by atoms with E-state index in [0.29, 0.717) is 18.6 Å². The second-order valence-corrected chi connectivity index (χ2v) is 17.6. The molecule has 12 heteroatoms. The third kappa shape index (κ3) is 5.89. The highest BCUT2D eigenvalue weighted by molar-refractivity contribution is 7.92. The van der Waals surface area contributed by atoms with Crippen molar-refractivity contribution in [3.05, 3.63) is 17.9 Å². The minimum Gasteiger partial charge on any atom is -0.375 e. The number of nitrogens with one attached hydrogen (secondary N) is 3. The Bertz CT molecular complexity index is 1310. The lowest BCUT2D eigenvalue weighted by Crippen LogP contribution is -2.71. The van der Waals surface area contributed by atoms with Gasteiger partial charge in [-0.25, -0.2) is 19.2 Å². The van der Waals surface area contributed by atoms with Crippen molar-refractivity contribution in [2.75, 3.05) is 66.4 Å². The Kier molecular flexibility index (Phi) is 7.79. The fourth-order valence-corrected chi connectivity index (χ4v) is 8.58. The molecule has 4 saturated heterocycles. The first-order valence-corrected chi connectivity index (χ1v) is 17.9. The SMILES string of the molecule is CN1CCC([N+]2=C[N+](C)(C)C(NC3NCC4C(N3)N(C3=NC(N=S(C)(C)=O)C=C=C3)[C@@H]3CC(C)(C)OC[C@]43C)C2)CC1. The molecule has 0 saturated carbocycles. The molecule has 3 N–H and O–H groups in total. The molecule has 234 valence electrons. The van der Waals surface area contributed by atoms with Crippen LogP contribution in [-0.2, 0) is 14.5 Å². The second-order valence-electron chi connectivity index (χ2n) is 15.1. The van der Waals surface area contributed by atoms with Gasteiger partial charge in [0.1, 0.15) is 12.1 Å². The molecule has 0 aromatic rings. The Labute approximate surface area is 252 Å². The zero-order valence-corrected chi connectivity index (χ0v) is 27.7. The highest BCUT2D eigenvalue weighted by atomic mass is 32.2. The molecule has 4 fully saturated rings. The number of quaternary nitrogens is 1. The monoisotopic (exact) mass is 603 g/mol. The van der Waals surface area contributed by atoms with Crippen LogP contribution in [0.5, 0.6) is 0 Å². The first-order chi connectivity index (χ1) is 19.6. The molecular weight excluding hydrogens is 550 g/mol. The van der Waals surface area contributed by atoms with E-state index in [4.69, 9.17) is 9.73 Å². The summed E-state index contributed by atoms with van der Waals surface area (Å²) in [6, 6.07) is 0.849. The molecule has 0 bridgehead atoms. The highest BCUT2D eigenvalue weighted by Crippen LogP contribution is 2.52. The number of likely N-dealkylation sites (N-methyl/N-ethyl adjacent to an activating group) is 1. The lowest BCUT2D eigenvalue weighted by atomic mass is 9.69. The van der Waals surface area contributed by atoms with Crippen LogP contribution in [0, 0.1) is 11.3 Å². The number of fused-ring (bicyclic) bond motifs is 3. The Morgan fingerprint density at radius 2 is 2.00 bits per heavy atom. The summed E-state index contributed by atoms with van der Waals surface area (Å²) in [5.41, 5.74) is 3.00. The fraction of sp³-hybridized carbons (Fsp3) is 0.833. The van der Waals surface area contributed by atoms with E-state index < -0.39 is 15.9 Å². The summed E-state index contributed by atoms with van der Waals surface area (Å²) >= 11 is 0. The number of piperidine rings is 1. The summed E-state index contributed by atoms with van der Waals surface area (Å²) in [5.74, 6) is 1.19. The lowest BCUT2D eigenvalue weighted by molar-refractivity contribution is -0.818. The van der Waals surface area contributed by atoms with E-state index in [0.717, 1.165) is 29.8 Å². The van der Waals surface area contributed by atoms with E-state index in [-0.39, 0.29) is 35.7 Å². The Morgan fingerprint density at radius 1 is 1.26 bits per heavy atom. The smallest absolute Gasteiger partial charge is 0.328 e. The van der Waals surface area contributed by atoms with Gasteiger partial charge in [-0.1, -0.05) is 6.92 Å². The number of nitrogens with zero attached hydrogens (tertiary/aromatic N) is 6. The molecular formula is C30H53N9O2S+2. The summed E-state index contributed by atoms with van der Waals surface area (Å²) < 4.78 is 26.8. The van der Waals surface area contributed by atoms with Gasteiger partial charge in [0.05, 0.1) is 32.5 Å². The summed E-state index contributed by atoms with van der Waals surface area (Å²) in [5, 5.41) is 11.7. The topological polar surface area (TPSA) is 96.6 Å². The van der Waals surface area contributed by atoms with Gasteiger partial charge in [0, 0.05) is 84.2 Å². The maximum absolute atomic E-state index is 12.5. The van der Waals surface area contributed by atoms with Crippen LogP contribution >= 0.6 is 0 Å². The van der Waals surface area contributed by atoms with Crippen molar-refractivity contribution in [3.8, 4) is 0 Å². The molecule has 0 aromatic heterocycles. The maximum Gasteiger partial charge on any atom is 0.328 e. The van der Waals surface area contributed by atoms with Gasteiger partial charge in [-0.05, 0) is 27.3 Å². The lowest BCUT2D eigenvalue weighted by Gasteiger charge is -2.47. The van der Waals surface area contributed by atoms with Crippen LogP contribution in [0.25, 0.3) is 0 Å². The second kappa shape index (κ2) is 10.8. The van der Waals surface area contributed by atoms with Crippen molar-refractivity contribution >= 4 is 21.9 Å². The minimum absolute atomic E-state index is 0.0473. The quantitative estimate of drug-likeness (QED) is 0.246. The first-order valence-electron chi connectivity index (χ1n) is 15.6. The number of hydrogen-bond acceptors (Lipinski definition) is 9. The van der Waals surface area contributed by atoms with E-state index >= 15 is 0 Å². The van der Waals surface area contributed by atoms with Crippen molar-refractivity contribution in [1.82, 2.24) is 25.8 Å². The third-order valence-corrected chi connectivity index (χ3v) is 11.2. The normalized spacial score (nSPS) is 40.0. The van der Waals surface area contributed by atoms with E-state index in [2.05, 4.69) is 88.7 Å². The molecule has 6 rings (SSSR count). The third-order valence-electron chi connectivity index (χ3n) is 10.5. The summed E-state index contributed by atoms with van der Waals surface area (Å²) in [7, 11) is 4.52. The molecule has 6 aliphatic heterocycles. The number of rotatable bonds is 4. The van der Waals surface area contributed by atoms with E-state index in [1.807, 2.05) is 12.2 Å². The molecule has 0 aliphatic carbocycles. The van der Waals surface area contributed by atoms with Gasteiger partial charge in [-0.3, -0.25) is 14.8 Å². The number of hydrogen-bond donors (Lipinski definition) is 3. The average Bonchev–Trinajstić information content (AvgIpc) is 3.32. The molecule has 6 heterocycles. The highest BCUT2D eigenvalue weighted by Gasteiger charge is 2.62. The average molecular weight is 604 g/mol. The van der Waals surface area contributed by atoms with Crippen LogP contribution in [0.1, 0.15) is 40.0 Å². The van der Waals surface area contributed by atoms with Gasteiger partial charge < -0.3 is 14.5 Å². The van der Waals surface area contributed by atoms with Crippen LogP contribution in [0.4, 0.5) is 0 Å². The van der Waals surface area contributed by atoms with Gasteiger partial charge in [0.25, 0.3) is 0 Å². The first kappa shape index (κ1) is 30.4. The van der Waals surface area contributed by atoms with Crippen LogP contribution in [-0.4, -0.2) is 144 Å². The molecule has 42 heavy (non-hydrogen) atoms. The minimum atomic E-state index is -2.30. The zero-order valence-electron chi connectivity index (χ0n) is 26.8. The number of ether oxygens (including phenoxy) is 1. The van der Waals surface area contributed by atoms with Crippen molar-refractivity contribution in [3.63, 3.8) is 0 Å². The van der Waals surface area contributed by atoms with Crippen LogP contribution in [0.2, 0.25) is 0 Å². The van der Waals surface area contributed by atoms with Gasteiger partial charge >= 0.3 is 6.34 Å². The van der Waals surface area contributed by atoms with E-state index in [1.165, 1.54) is 25.9 Å². The molecule has 0 radical (unpaired) electrons. The zero-order chi connectivity index (χ0) is 30.1. The molecule has 0 spiro atoms. The molecule has 7 atom stereocenters. The summed E-state index contributed by atoms with van der Waals surface area (Å²) in [4.78, 5) is 9.93. The van der Waals surface area contributed by atoms with Crippen molar-refractivity contribution in [1.29, 1.82) is 0 Å². The van der Waals surface area contributed by atoms with Gasteiger partial charge in [-0.2, -0.15) is 4.58 Å². The maximum atomic E-state index is 12.5. The Morgan fingerprint density at radius 3 is 2.71 bits per heavy atom. The van der Waals surface area contributed by atoms with Gasteiger partial charge in [0.15, 0.2) is 12.2 Å². The fourth-order valence-electron chi connectivity index (χ4n) is 7.95. The largest absolute Gasteiger partial charge is 0.375 e. The van der Waals surface area contributed by atoms with Gasteiger partial charge in [-0.15, -0.1) is 5.73 Å². The predicted octanol–water partition coefficient (Wildman–Crippen LogP) is 0.612. The van der Waals surface area contributed by atoms with Crippen LogP contribution in [0.15, 0.2) is 27.2 Å². The van der Waals surface area contributed by atoms with Crippen LogP contribution < -0.4 is 16.0 Å². The van der Waals surface area contributed by atoms with E-state index in [1.54, 1.807) is 12.5 Å². The molecule has 5 unspecified atom stereocenters. The van der Waals surface area contributed by atoms with Crippen molar-refractivity contribution < 1.29 is 18.0 Å². The van der Waals surface area contributed by atoms with Crippen LogP contribution in [0.3, 0.4) is 0 Å². The Balaban J connectivity index is 1.24. The standard InChI is InChI=1S/C30H53N9O2S/c1-29(2)16-23-30(3,19-41-29)22-17-31-28(33-26-18-37(20-39(26,5)6)21-12-14-36(4)15-13-21)34-27(22)38(23)25-11-9-10-24(32-25)35-42(7,8)40/h10-11,20-24,26-28,31,33-34H,12-19H2,1-8H3/q+2/t22?,23-,24?,26?,27?,28?,30-/m1/s1. The molecule has 0 amide bonds. The number of aliphatic imine (C=N–C) groups is 1. The predicted molar refractivity (Wildman–Crippen MR) is 168 cm³/mol. The number of likely N-dealkylation sites (tertiary alicyclic amines) is 2. The molecule has 0 aromatic carbocycles.